The third kappa shape index (κ3) is 4.71. The van der Waals surface area contributed by atoms with E-state index in [0.29, 0.717) is 21.5 Å². The lowest BCUT2D eigenvalue weighted by Gasteiger charge is -2.19. The zero-order chi connectivity index (χ0) is 20.2. The molecule has 1 amide bonds. The fraction of sp³-hybridized carbons (Fsp3) is 0.333. The summed E-state index contributed by atoms with van der Waals surface area (Å²) in [5.74, 6) is 0.0356. The number of aromatic nitrogens is 2. The van der Waals surface area contributed by atoms with Crippen molar-refractivity contribution in [3.05, 3.63) is 61.7 Å². The number of aryl methyl sites for hydroxylation is 1. The van der Waals surface area contributed by atoms with Gasteiger partial charge < -0.3 is 10.1 Å². The van der Waals surface area contributed by atoms with Crippen molar-refractivity contribution >= 4 is 40.2 Å². The first kappa shape index (κ1) is 19.7. The molecule has 0 fully saturated rings. The summed E-state index contributed by atoms with van der Waals surface area (Å²) in [5.41, 5.74) is 1.98. The summed E-state index contributed by atoms with van der Waals surface area (Å²) < 4.78 is 5.40. The number of thiophene rings is 1. The van der Waals surface area contributed by atoms with E-state index in [0.717, 1.165) is 24.2 Å². The largest absolute Gasteiger partial charge is 0.454 e. The fourth-order valence-electron chi connectivity index (χ4n) is 3.36. The minimum Gasteiger partial charge on any atom is -0.454 e. The van der Waals surface area contributed by atoms with Crippen LogP contribution in [0.2, 0.25) is 0 Å². The predicted octanol–water partition coefficient (Wildman–Crippen LogP) is 4.72. The van der Waals surface area contributed by atoms with Crippen LogP contribution in [0.15, 0.2) is 36.4 Å². The van der Waals surface area contributed by atoms with E-state index in [4.69, 9.17) is 4.74 Å². The van der Waals surface area contributed by atoms with E-state index in [1.165, 1.54) is 34.6 Å². The Morgan fingerprint density at radius 2 is 2.03 bits per heavy atom. The number of nitrogens with one attached hydrogen (secondary N) is 1. The van der Waals surface area contributed by atoms with Gasteiger partial charge in [-0.2, -0.15) is 0 Å². The molecule has 4 rings (SSSR count). The van der Waals surface area contributed by atoms with Crippen LogP contribution in [0.1, 0.15) is 54.7 Å². The molecule has 1 aromatic carbocycles. The number of hydrogen-bond acceptors (Lipinski definition) is 7. The summed E-state index contributed by atoms with van der Waals surface area (Å²) in [6, 6.07) is 11.1. The number of esters is 1. The molecule has 2 aromatic heterocycles. The molecule has 0 radical (unpaired) electrons. The van der Waals surface area contributed by atoms with Gasteiger partial charge in [0.2, 0.25) is 5.01 Å². The van der Waals surface area contributed by atoms with Crippen molar-refractivity contribution in [3.8, 4) is 0 Å². The van der Waals surface area contributed by atoms with E-state index in [-0.39, 0.29) is 23.5 Å². The summed E-state index contributed by atoms with van der Waals surface area (Å²) >= 11 is 2.65. The molecule has 0 saturated carbocycles. The first-order chi connectivity index (χ1) is 14.1. The van der Waals surface area contributed by atoms with Gasteiger partial charge in [0.1, 0.15) is 11.5 Å². The molecule has 3 aromatic rings. The van der Waals surface area contributed by atoms with Crippen molar-refractivity contribution < 1.29 is 14.3 Å². The van der Waals surface area contributed by atoms with Gasteiger partial charge >= 0.3 is 5.97 Å². The number of carbonyl (C=O) groups excluding carboxylic acids is 2. The van der Waals surface area contributed by atoms with E-state index in [1.807, 2.05) is 24.3 Å². The molecule has 2 heterocycles. The monoisotopic (exact) mass is 427 g/mol. The molecule has 1 atom stereocenters. The summed E-state index contributed by atoms with van der Waals surface area (Å²) in [5, 5.41) is 11.4. The maximum absolute atomic E-state index is 12.4. The van der Waals surface area contributed by atoms with E-state index in [9.17, 15) is 9.59 Å². The molecule has 6 nitrogen and oxygen atoms in total. The average molecular weight is 428 g/mol. The van der Waals surface area contributed by atoms with Crippen LogP contribution in [-0.2, 0) is 24.2 Å². The van der Waals surface area contributed by atoms with Crippen molar-refractivity contribution in [2.45, 2.75) is 39.2 Å². The number of ether oxygens (including phenoxy) is 1. The molecular weight excluding hydrogens is 406 g/mol. The van der Waals surface area contributed by atoms with Gasteiger partial charge in [0.15, 0.2) is 5.01 Å². The van der Waals surface area contributed by atoms with Crippen molar-refractivity contribution in [2.24, 2.45) is 5.92 Å². The SMILES string of the molecule is CCC1CCc2sc(C(=O)OCc3nnc(C(=O)Nc4ccccc4)s3)cc2C1. The van der Waals surface area contributed by atoms with Gasteiger partial charge in [0, 0.05) is 10.6 Å². The number of benzene rings is 1. The number of amides is 1. The smallest absolute Gasteiger partial charge is 0.348 e. The topological polar surface area (TPSA) is 81.2 Å². The normalized spacial score (nSPS) is 15.6. The van der Waals surface area contributed by atoms with Crippen molar-refractivity contribution in [1.82, 2.24) is 10.2 Å². The van der Waals surface area contributed by atoms with Crippen LogP contribution >= 0.6 is 22.7 Å². The van der Waals surface area contributed by atoms with Gasteiger partial charge in [0.05, 0.1) is 0 Å². The highest BCUT2D eigenvalue weighted by molar-refractivity contribution is 7.14. The first-order valence-electron chi connectivity index (χ1n) is 9.60. The number of para-hydroxylation sites is 1. The Morgan fingerprint density at radius 3 is 2.83 bits per heavy atom. The van der Waals surface area contributed by atoms with Crippen LogP contribution < -0.4 is 5.32 Å². The van der Waals surface area contributed by atoms with E-state index in [2.05, 4.69) is 22.4 Å². The number of hydrogen-bond donors (Lipinski definition) is 1. The zero-order valence-corrected chi connectivity index (χ0v) is 17.6. The maximum Gasteiger partial charge on any atom is 0.348 e. The average Bonchev–Trinajstić information content (AvgIpc) is 3.39. The molecule has 0 aliphatic heterocycles. The second kappa shape index (κ2) is 8.84. The van der Waals surface area contributed by atoms with Crippen LogP contribution in [-0.4, -0.2) is 22.1 Å². The van der Waals surface area contributed by atoms with Crippen LogP contribution in [0, 0.1) is 5.92 Å². The van der Waals surface area contributed by atoms with E-state index >= 15 is 0 Å². The van der Waals surface area contributed by atoms with E-state index < -0.39 is 0 Å². The molecule has 0 saturated heterocycles. The quantitative estimate of drug-likeness (QED) is 0.576. The first-order valence-corrected chi connectivity index (χ1v) is 11.2. The molecule has 0 bridgehead atoms. The Kier molecular flexibility index (Phi) is 6.01. The second-order valence-electron chi connectivity index (χ2n) is 6.97. The highest BCUT2D eigenvalue weighted by Gasteiger charge is 2.23. The summed E-state index contributed by atoms with van der Waals surface area (Å²) in [6.07, 6.45) is 4.46. The van der Waals surface area contributed by atoms with Gasteiger partial charge in [0.25, 0.3) is 5.91 Å². The molecule has 1 aliphatic carbocycles. The van der Waals surface area contributed by atoms with Crippen molar-refractivity contribution in [2.75, 3.05) is 5.32 Å². The van der Waals surface area contributed by atoms with E-state index in [1.54, 1.807) is 12.1 Å². The number of anilines is 1. The maximum atomic E-state index is 12.4. The molecule has 1 aliphatic rings. The Hall–Kier alpha value is -2.58. The summed E-state index contributed by atoms with van der Waals surface area (Å²) in [6.45, 7) is 2.23. The standard InChI is InChI=1S/C21H21N3O3S2/c1-2-13-8-9-16-14(10-13)11-17(28-16)21(26)27-12-18-23-24-20(29-18)19(25)22-15-6-4-3-5-7-15/h3-7,11,13H,2,8-10,12H2,1H3,(H,22,25). The second-order valence-corrected chi connectivity index (χ2v) is 9.17. The lowest BCUT2D eigenvalue weighted by atomic mass is 9.87. The Morgan fingerprint density at radius 1 is 1.21 bits per heavy atom. The molecule has 29 heavy (non-hydrogen) atoms. The van der Waals surface area contributed by atoms with Crippen molar-refractivity contribution in [1.29, 1.82) is 0 Å². The third-order valence-corrected chi connectivity index (χ3v) is 7.10. The van der Waals surface area contributed by atoms with Crippen LogP contribution in [0.3, 0.4) is 0 Å². The highest BCUT2D eigenvalue weighted by atomic mass is 32.1. The van der Waals surface area contributed by atoms with Crippen molar-refractivity contribution in [3.63, 3.8) is 0 Å². The lowest BCUT2D eigenvalue weighted by Crippen LogP contribution is -2.11. The minimum atomic E-state index is -0.345. The number of fused-ring (bicyclic) bond motifs is 1. The Balaban J connectivity index is 1.33. The van der Waals surface area contributed by atoms with Crippen LogP contribution in [0.4, 0.5) is 5.69 Å². The lowest BCUT2D eigenvalue weighted by molar-refractivity contribution is 0.0477. The minimum absolute atomic E-state index is 0.00920. The van der Waals surface area contributed by atoms with Gasteiger partial charge in [-0.1, -0.05) is 42.9 Å². The van der Waals surface area contributed by atoms with Gasteiger partial charge in [-0.25, -0.2) is 4.79 Å². The molecule has 1 N–H and O–H groups in total. The number of rotatable bonds is 6. The predicted molar refractivity (Wildman–Crippen MR) is 114 cm³/mol. The molecular formula is C21H21N3O3S2. The fourth-order valence-corrected chi connectivity index (χ4v) is 5.11. The Labute approximate surface area is 176 Å². The highest BCUT2D eigenvalue weighted by Crippen LogP contribution is 2.34. The number of nitrogens with zero attached hydrogens (tertiary/aromatic N) is 2. The summed E-state index contributed by atoms with van der Waals surface area (Å²) in [7, 11) is 0. The molecule has 150 valence electrons. The van der Waals surface area contributed by atoms with Gasteiger partial charge in [-0.3, -0.25) is 4.79 Å². The van der Waals surface area contributed by atoms with Crippen LogP contribution in [0.25, 0.3) is 0 Å². The molecule has 1 unspecified atom stereocenters. The van der Waals surface area contributed by atoms with Crippen LogP contribution in [0.5, 0.6) is 0 Å². The Bertz CT molecular complexity index is 1010. The van der Waals surface area contributed by atoms with Gasteiger partial charge in [-0.05, 0) is 48.9 Å². The molecule has 8 heteroatoms. The third-order valence-electron chi connectivity index (χ3n) is 4.98. The zero-order valence-electron chi connectivity index (χ0n) is 16.0. The van der Waals surface area contributed by atoms with Gasteiger partial charge in [-0.15, -0.1) is 21.5 Å². The summed E-state index contributed by atoms with van der Waals surface area (Å²) in [4.78, 5) is 26.6. The number of carbonyl (C=O) groups is 2. The molecule has 0 spiro atoms.